The van der Waals surface area contributed by atoms with Gasteiger partial charge in [-0.15, -0.1) is 24.8 Å². The fraction of sp³-hybridized carbons (Fsp3) is 0.533. The number of nitrogens with one attached hydrogen (secondary N) is 1. The molecule has 0 spiro atoms. The molecule has 1 saturated heterocycles. The lowest BCUT2D eigenvalue weighted by molar-refractivity contribution is -0.384. The van der Waals surface area contributed by atoms with Crippen LogP contribution in [0.5, 0.6) is 0 Å². The van der Waals surface area contributed by atoms with Crippen molar-refractivity contribution in [3.63, 3.8) is 0 Å². The molecule has 2 atom stereocenters. The molecule has 1 aromatic rings. The van der Waals surface area contributed by atoms with Crippen molar-refractivity contribution >= 4 is 36.3 Å². The van der Waals surface area contributed by atoms with E-state index in [9.17, 15) is 14.9 Å². The van der Waals surface area contributed by atoms with E-state index in [0.29, 0.717) is 24.2 Å². The molecule has 1 aliphatic heterocycles. The van der Waals surface area contributed by atoms with E-state index in [4.69, 9.17) is 0 Å². The van der Waals surface area contributed by atoms with Gasteiger partial charge in [0.25, 0.3) is 5.69 Å². The molecule has 0 bridgehead atoms. The van der Waals surface area contributed by atoms with Crippen LogP contribution in [-0.4, -0.2) is 47.3 Å². The number of nitrogens with zero attached hydrogens (tertiary/aromatic N) is 2. The van der Waals surface area contributed by atoms with Crippen molar-refractivity contribution < 1.29 is 9.72 Å². The quantitative estimate of drug-likeness (QED) is 0.641. The first-order chi connectivity index (χ1) is 9.94. The van der Waals surface area contributed by atoms with Crippen LogP contribution in [-0.2, 0) is 11.2 Å². The summed E-state index contributed by atoms with van der Waals surface area (Å²) in [4.78, 5) is 24.6. The average molecular weight is 364 g/mol. The third-order valence-electron chi connectivity index (χ3n) is 3.56. The van der Waals surface area contributed by atoms with E-state index >= 15 is 0 Å². The lowest BCUT2D eigenvalue weighted by Gasteiger charge is -2.35. The van der Waals surface area contributed by atoms with E-state index in [0.717, 1.165) is 13.1 Å². The zero-order chi connectivity index (χ0) is 15.4. The number of benzene rings is 1. The number of carbonyl (C=O) groups excluding carboxylic acids is 1. The Bertz CT molecular complexity index is 532. The molecule has 23 heavy (non-hydrogen) atoms. The summed E-state index contributed by atoms with van der Waals surface area (Å²) in [7, 11) is 0. The Balaban J connectivity index is 0.00000242. The summed E-state index contributed by atoms with van der Waals surface area (Å²) in [6.07, 6.45) is 0.244. The molecule has 1 fully saturated rings. The normalized spacial score (nSPS) is 21.0. The van der Waals surface area contributed by atoms with Crippen LogP contribution in [0.1, 0.15) is 19.4 Å². The molecule has 130 valence electrons. The van der Waals surface area contributed by atoms with Gasteiger partial charge in [0.2, 0.25) is 0 Å². The number of hydrogen-bond acceptors (Lipinski definition) is 5. The van der Waals surface area contributed by atoms with Crippen LogP contribution in [0.3, 0.4) is 0 Å². The molecule has 1 aliphatic rings. The maximum Gasteiger partial charge on any atom is 0.269 e. The Kier molecular flexibility index (Phi) is 9.31. The van der Waals surface area contributed by atoms with Gasteiger partial charge in [-0.3, -0.25) is 19.8 Å². The molecule has 2 unspecified atom stereocenters. The SMILES string of the molecule is CC1CN(CC(=O)Cc2cccc([N+](=O)[O-])c2)CC(C)N1.Cl.Cl. The molecule has 6 nitrogen and oxygen atoms in total. The molecular weight excluding hydrogens is 341 g/mol. The number of piperazine rings is 1. The molecule has 2 rings (SSSR count). The maximum atomic E-state index is 12.1. The van der Waals surface area contributed by atoms with E-state index < -0.39 is 4.92 Å². The smallest absolute Gasteiger partial charge is 0.269 e. The minimum absolute atomic E-state index is 0. The average Bonchev–Trinajstić information content (AvgIpc) is 2.37. The summed E-state index contributed by atoms with van der Waals surface area (Å²) in [5.74, 6) is 0.0943. The number of ketones is 1. The van der Waals surface area contributed by atoms with E-state index in [1.54, 1.807) is 12.1 Å². The van der Waals surface area contributed by atoms with E-state index in [1.165, 1.54) is 12.1 Å². The largest absolute Gasteiger partial charge is 0.309 e. The minimum atomic E-state index is -0.437. The van der Waals surface area contributed by atoms with Gasteiger partial charge < -0.3 is 5.32 Å². The monoisotopic (exact) mass is 363 g/mol. The van der Waals surface area contributed by atoms with Gasteiger partial charge in [0.05, 0.1) is 11.5 Å². The van der Waals surface area contributed by atoms with Crippen LogP contribution in [0.25, 0.3) is 0 Å². The molecule has 0 saturated carbocycles. The van der Waals surface area contributed by atoms with Crippen LogP contribution in [0.2, 0.25) is 0 Å². The molecule has 0 aromatic heterocycles. The summed E-state index contributed by atoms with van der Waals surface area (Å²) >= 11 is 0. The Morgan fingerprint density at radius 2 is 1.91 bits per heavy atom. The summed E-state index contributed by atoms with van der Waals surface area (Å²) in [5.41, 5.74) is 0.732. The van der Waals surface area contributed by atoms with Gasteiger partial charge in [-0.05, 0) is 19.4 Å². The molecule has 1 N–H and O–H groups in total. The van der Waals surface area contributed by atoms with Gasteiger partial charge in [-0.2, -0.15) is 0 Å². The van der Waals surface area contributed by atoms with Crippen LogP contribution in [0.15, 0.2) is 24.3 Å². The summed E-state index contributed by atoms with van der Waals surface area (Å²) in [5, 5.41) is 14.2. The molecule has 8 heteroatoms. The number of halogens is 2. The van der Waals surface area contributed by atoms with Crippen molar-refractivity contribution in [3.8, 4) is 0 Å². The van der Waals surface area contributed by atoms with Crippen LogP contribution < -0.4 is 5.32 Å². The second kappa shape index (κ2) is 9.82. The topological polar surface area (TPSA) is 75.5 Å². The highest BCUT2D eigenvalue weighted by molar-refractivity contribution is 5.85. The number of rotatable bonds is 5. The second-order valence-corrected chi connectivity index (χ2v) is 5.81. The van der Waals surface area contributed by atoms with Crippen molar-refractivity contribution in [2.75, 3.05) is 19.6 Å². The van der Waals surface area contributed by atoms with Gasteiger partial charge in [0, 0.05) is 43.7 Å². The highest BCUT2D eigenvalue weighted by Crippen LogP contribution is 2.14. The standard InChI is InChI=1S/C15H21N3O3.2ClH/c1-11-8-17(9-12(2)16-11)10-15(19)7-13-4-3-5-14(6-13)18(20)21;;/h3-6,11-12,16H,7-10H2,1-2H3;2*1H. The summed E-state index contributed by atoms with van der Waals surface area (Å²) < 4.78 is 0. The fourth-order valence-electron chi connectivity index (χ4n) is 2.88. The zero-order valence-electron chi connectivity index (χ0n) is 13.2. The fourth-order valence-corrected chi connectivity index (χ4v) is 2.88. The Morgan fingerprint density at radius 1 is 1.30 bits per heavy atom. The van der Waals surface area contributed by atoms with E-state index in [1.807, 2.05) is 0 Å². The van der Waals surface area contributed by atoms with Gasteiger partial charge >= 0.3 is 0 Å². The lowest BCUT2D eigenvalue weighted by atomic mass is 10.1. The molecular formula is C15H23Cl2N3O3. The minimum Gasteiger partial charge on any atom is -0.309 e. The first-order valence-corrected chi connectivity index (χ1v) is 7.17. The van der Waals surface area contributed by atoms with Crippen molar-refractivity contribution in [1.82, 2.24) is 10.2 Å². The highest BCUT2D eigenvalue weighted by Gasteiger charge is 2.22. The second-order valence-electron chi connectivity index (χ2n) is 5.81. The van der Waals surface area contributed by atoms with Crippen LogP contribution >= 0.6 is 24.8 Å². The first kappa shape index (κ1) is 21.8. The summed E-state index contributed by atoms with van der Waals surface area (Å²) in [6.45, 7) is 6.32. The van der Waals surface area contributed by atoms with E-state index in [2.05, 4.69) is 24.1 Å². The van der Waals surface area contributed by atoms with Crippen LogP contribution in [0.4, 0.5) is 5.69 Å². The van der Waals surface area contributed by atoms with Crippen molar-refractivity contribution in [1.29, 1.82) is 0 Å². The Labute approximate surface area is 148 Å². The van der Waals surface area contributed by atoms with Gasteiger partial charge in [-0.25, -0.2) is 0 Å². The zero-order valence-corrected chi connectivity index (χ0v) is 14.9. The molecule has 0 aliphatic carbocycles. The predicted molar refractivity (Wildman–Crippen MR) is 94.8 cm³/mol. The molecule has 0 radical (unpaired) electrons. The van der Waals surface area contributed by atoms with Gasteiger partial charge in [0.15, 0.2) is 5.78 Å². The third-order valence-corrected chi connectivity index (χ3v) is 3.56. The van der Waals surface area contributed by atoms with Crippen molar-refractivity contribution in [3.05, 3.63) is 39.9 Å². The number of Topliss-reactive ketones (excluding diaryl/α,β-unsaturated/α-hetero) is 1. The first-order valence-electron chi connectivity index (χ1n) is 7.17. The number of nitro groups is 1. The van der Waals surface area contributed by atoms with Crippen LogP contribution in [0, 0.1) is 10.1 Å². The molecule has 0 amide bonds. The Hall–Kier alpha value is -1.21. The number of nitro benzene ring substituents is 1. The van der Waals surface area contributed by atoms with Gasteiger partial charge in [0.1, 0.15) is 0 Å². The number of carbonyl (C=O) groups is 1. The lowest BCUT2D eigenvalue weighted by Crippen LogP contribution is -2.55. The highest BCUT2D eigenvalue weighted by atomic mass is 35.5. The molecule has 1 aromatic carbocycles. The summed E-state index contributed by atoms with van der Waals surface area (Å²) in [6, 6.07) is 7.04. The maximum absolute atomic E-state index is 12.1. The number of hydrogen-bond donors (Lipinski definition) is 1. The molecule has 1 heterocycles. The van der Waals surface area contributed by atoms with Crippen molar-refractivity contribution in [2.24, 2.45) is 0 Å². The van der Waals surface area contributed by atoms with E-state index in [-0.39, 0.29) is 42.7 Å². The predicted octanol–water partition coefficient (Wildman–Crippen LogP) is 2.23. The van der Waals surface area contributed by atoms with Crippen molar-refractivity contribution in [2.45, 2.75) is 32.4 Å². The third kappa shape index (κ3) is 6.83. The number of non-ortho nitro benzene ring substituents is 1. The van der Waals surface area contributed by atoms with Gasteiger partial charge in [-0.1, -0.05) is 12.1 Å². The Morgan fingerprint density at radius 3 is 2.48 bits per heavy atom.